The van der Waals surface area contributed by atoms with Crippen molar-refractivity contribution in [1.82, 2.24) is 0 Å². The van der Waals surface area contributed by atoms with E-state index in [1.54, 1.807) is 62.2 Å². The maximum atomic E-state index is 12.8. The van der Waals surface area contributed by atoms with Crippen LogP contribution in [0, 0.1) is 0 Å². The van der Waals surface area contributed by atoms with E-state index in [-0.39, 0.29) is 5.97 Å². The van der Waals surface area contributed by atoms with E-state index in [4.69, 9.17) is 18.9 Å². The Labute approximate surface area is 271 Å². The van der Waals surface area contributed by atoms with Crippen molar-refractivity contribution in [1.29, 1.82) is 0 Å². The number of unbranched alkanes of at least 4 members (excludes halogenated alkanes) is 6. The summed E-state index contributed by atoms with van der Waals surface area (Å²) in [6.07, 6.45) is 10.2. The van der Waals surface area contributed by atoms with Crippen LogP contribution in [0.25, 0.3) is 0 Å². The molecule has 3 aromatic carbocycles. The van der Waals surface area contributed by atoms with Crippen molar-refractivity contribution in [3.05, 3.63) is 95.6 Å². The Morgan fingerprint density at radius 2 is 1.33 bits per heavy atom. The molecule has 7 nitrogen and oxygen atoms in total. The summed E-state index contributed by atoms with van der Waals surface area (Å²) in [5.41, 5.74) is 2.31. The third-order valence-corrected chi connectivity index (χ3v) is 8.17. The first-order valence-corrected chi connectivity index (χ1v) is 16.6. The Kier molecular flexibility index (Phi) is 15.3. The quantitative estimate of drug-likeness (QED) is 0.0425. The van der Waals surface area contributed by atoms with E-state index in [0.29, 0.717) is 40.6 Å². The molecule has 3 aromatic rings. The summed E-state index contributed by atoms with van der Waals surface area (Å²) in [6.45, 7) is 7.76. The molecule has 0 N–H and O–H groups in total. The van der Waals surface area contributed by atoms with E-state index in [2.05, 4.69) is 13.5 Å². The summed E-state index contributed by atoms with van der Waals surface area (Å²) in [4.78, 5) is 37.8. The predicted molar refractivity (Wildman–Crippen MR) is 179 cm³/mol. The summed E-state index contributed by atoms with van der Waals surface area (Å²) in [5.74, 6) is 0.756. The molecule has 0 aliphatic rings. The molecule has 0 aromatic heterocycles. The summed E-state index contributed by atoms with van der Waals surface area (Å²) < 4.78 is 21.7. The molecule has 0 spiro atoms. The molecule has 0 fully saturated rings. The summed E-state index contributed by atoms with van der Waals surface area (Å²) in [5, 5.41) is 0. The van der Waals surface area contributed by atoms with Crippen LogP contribution in [-0.2, 0) is 16.0 Å². The zero-order chi connectivity index (χ0) is 32.4. The Morgan fingerprint density at radius 1 is 0.733 bits per heavy atom. The van der Waals surface area contributed by atoms with E-state index in [0.717, 1.165) is 36.3 Å². The van der Waals surface area contributed by atoms with Crippen LogP contribution in [0.5, 0.6) is 17.2 Å². The van der Waals surface area contributed by atoms with Gasteiger partial charge >= 0.3 is 17.9 Å². The monoisotopic (exact) mass is 632 g/mol. The summed E-state index contributed by atoms with van der Waals surface area (Å²) in [6, 6.07) is 19.1. The number of methoxy groups -OCH3 is 1. The highest BCUT2D eigenvalue weighted by Gasteiger charge is 2.15. The third kappa shape index (κ3) is 12.5. The van der Waals surface area contributed by atoms with Crippen LogP contribution in [0.1, 0.15) is 91.5 Å². The van der Waals surface area contributed by atoms with Crippen LogP contribution >= 0.6 is 11.8 Å². The second kappa shape index (κ2) is 19.4. The molecular formula is C37H44O7S. The van der Waals surface area contributed by atoms with Crippen molar-refractivity contribution in [2.45, 2.75) is 76.5 Å². The number of benzene rings is 3. The molecule has 8 heteroatoms. The van der Waals surface area contributed by atoms with Crippen LogP contribution in [0.4, 0.5) is 0 Å². The molecule has 0 aliphatic carbocycles. The van der Waals surface area contributed by atoms with Crippen molar-refractivity contribution in [2.75, 3.05) is 19.5 Å². The Hall–Kier alpha value is -4.04. The molecule has 0 bridgehead atoms. The van der Waals surface area contributed by atoms with E-state index < -0.39 is 11.9 Å². The number of rotatable bonds is 19. The third-order valence-electron chi connectivity index (χ3n) is 7.03. The molecule has 0 atom stereocenters. The molecule has 0 heterocycles. The molecule has 0 saturated carbocycles. The highest BCUT2D eigenvalue weighted by Crippen LogP contribution is 2.31. The normalized spacial score (nSPS) is 10.6. The number of carbonyl (C=O) groups excluding carboxylic acids is 3. The van der Waals surface area contributed by atoms with Gasteiger partial charge < -0.3 is 18.9 Å². The van der Waals surface area contributed by atoms with Gasteiger partial charge in [-0.15, -0.1) is 11.8 Å². The lowest BCUT2D eigenvalue weighted by atomic mass is 10.0. The number of esters is 3. The number of carbonyl (C=O) groups is 3. The second-order valence-electron chi connectivity index (χ2n) is 10.8. The van der Waals surface area contributed by atoms with Gasteiger partial charge in [0, 0.05) is 10.5 Å². The second-order valence-corrected chi connectivity index (χ2v) is 11.9. The summed E-state index contributed by atoms with van der Waals surface area (Å²) in [7, 11) is 1.55. The van der Waals surface area contributed by atoms with Gasteiger partial charge in [0.1, 0.15) is 17.2 Å². The van der Waals surface area contributed by atoms with Crippen LogP contribution < -0.4 is 14.2 Å². The fraction of sp³-hybridized carbons (Fsp3) is 0.378. The average Bonchev–Trinajstić information content (AvgIpc) is 3.05. The highest BCUT2D eigenvalue weighted by molar-refractivity contribution is 7.99. The maximum Gasteiger partial charge on any atom is 0.343 e. The number of thioether (sulfide) groups is 1. The predicted octanol–water partition coefficient (Wildman–Crippen LogP) is 9.03. The first-order valence-electron chi connectivity index (χ1n) is 15.6. The van der Waals surface area contributed by atoms with Gasteiger partial charge in [0.2, 0.25) is 0 Å². The molecule has 0 aliphatic heterocycles. The van der Waals surface area contributed by atoms with E-state index in [9.17, 15) is 14.4 Å². The lowest BCUT2D eigenvalue weighted by Crippen LogP contribution is -2.10. The molecule has 0 unspecified atom stereocenters. The van der Waals surface area contributed by atoms with Gasteiger partial charge in [-0.25, -0.2) is 14.4 Å². The zero-order valence-electron chi connectivity index (χ0n) is 26.6. The van der Waals surface area contributed by atoms with Crippen molar-refractivity contribution >= 4 is 29.7 Å². The topological polar surface area (TPSA) is 88.1 Å². The lowest BCUT2D eigenvalue weighted by Gasteiger charge is -2.11. The minimum absolute atomic E-state index is 0.306. The SMILES string of the molecule is C=C(C)C(=O)OCCCCSc1ccc(C(=O)Oc2ccc(C(=O)Oc3ccc(CCCCCCCC)cc3)cc2)cc1OC. The van der Waals surface area contributed by atoms with Crippen LogP contribution in [0.15, 0.2) is 83.8 Å². The van der Waals surface area contributed by atoms with E-state index in [1.165, 1.54) is 37.7 Å². The number of hydrogen-bond acceptors (Lipinski definition) is 8. The Bertz CT molecular complexity index is 1400. The lowest BCUT2D eigenvalue weighted by molar-refractivity contribution is -0.139. The molecule has 0 amide bonds. The fourth-order valence-corrected chi connectivity index (χ4v) is 5.43. The maximum absolute atomic E-state index is 12.8. The average molecular weight is 633 g/mol. The zero-order valence-corrected chi connectivity index (χ0v) is 27.4. The first kappa shape index (κ1) is 35.4. The minimum atomic E-state index is -0.541. The van der Waals surface area contributed by atoms with Gasteiger partial charge in [0.25, 0.3) is 0 Å². The van der Waals surface area contributed by atoms with Crippen molar-refractivity contribution in [3.8, 4) is 17.2 Å². The number of ether oxygens (including phenoxy) is 4. The standard InChI is InChI=1S/C37H44O7S/c1-5-6-7-8-9-10-13-28-14-19-31(20-15-28)43-36(39)29-16-21-32(22-17-29)44-37(40)30-18-23-34(33(26-30)41-4)45-25-12-11-24-42-35(38)27(2)3/h14-23,26H,2,5-13,24-25H2,1,3-4H3. The first-order chi connectivity index (χ1) is 21.8. The van der Waals surface area contributed by atoms with Crippen molar-refractivity contribution in [3.63, 3.8) is 0 Å². The molecule has 240 valence electrons. The molecule has 0 radical (unpaired) electrons. The molecule has 45 heavy (non-hydrogen) atoms. The molecule has 3 rings (SSSR count). The number of hydrogen-bond donors (Lipinski definition) is 0. The van der Waals surface area contributed by atoms with Gasteiger partial charge in [0.15, 0.2) is 0 Å². The van der Waals surface area contributed by atoms with E-state index >= 15 is 0 Å². The van der Waals surface area contributed by atoms with Crippen molar-refractivity contribution < 1.29 is 33.3 Å². The highest BCUT2D eigenvalue weighted by atomic mass is 32.2. The molecule has 0 saturated heterocycles. The largest absolute Gasteiger partial charge is 0.496 e. The van der Waals surface area contributed by atoms with Gasteiger partial charge in [-0.2, -0.15) is 0 Å². The summed E-state index contributed by atoms with van der Waals surface area (Å²) >= 11 is 1.59. The van der Waals surface area contributed by atoms with Gasteiger partial charge in [-0.1, -0.05) is 57.7 Å². The van der Waals surface area contributed by atoms with Crippen molar-refractivity contribution in [2.24, 2.45) is 0 Å². The van der Waals surface area contributed by atoms with Crippen LogP contribution in [0.2, 0.25) is 0 Å². The fourth-order valence-electron chi connectivity index (χ4n) is 4.41. The smallest absolute Gasteiger partial charge is 0.343 e. The number of aryl methyl sites for hydroxylation is 1. The minimum Gasteiger partial charge on any atom is -0.496 e. The van der Waals surface area contributed by atoms with Gasteiger partial charge in [0.05, 0.1) is 24.8 Å². The van der Waals surface area contributed by atoms with Gasteiger partial charge in [-0.05, 0) is 98.5 Å². The van der Waals surface area contributed by atoms with E-state index in [1.807, 2.05) is 30.3 Å². The molecular weight excluding hydrogens is 588 g/mol. The Morgan fingerprint density at radius 3 is 1.98 bits per heavy atom. The van der Waals surface area contributed by atoms with Gasteiger partial charge in [-0.3, -0.25) is 0 Å². The van der Waals surface area contributed by atoms with Crippen LogP contribution in [0.3, 0.4) is 0 Å². The van der Waals surface area contributed by atoms with Crippen LogP contribution in [-0.4, -0.2) is 37.4 Å². The Balaban J connectivity index is 1.44.